The fourth-order valence-electron chi connectivity index (χ4n) is 2.60. The first-order valence-corrected chi connectivity index (χ1v) is 6.45. The van der Waals surface area contributed by atoms with Gasteiger partial charge in [-0.2, -0.15) is 0 Å². The zero-order valence-electron chi connectivity index (χ0n) is 10.5. The van der Waals surface area contributed by atoms with Crippen LogP contribution < -0.4 is 11.1 Å². The summed E-state index contributed by atoms with van der Waals surface area (Å²) in [6.45, 7) is 6.53. The molecule has 0 aromatic rings. The maximum absolute atomic E-state index is 11.6. The summed E-state index contributed by atoms with van der Waals surface area (Å²) in [6.07, 6.45) is 4.19. The number of hydrogen-bond acceptors (Lipinski definition) is 3. The van der Waals surface area contributed by atoms with E-state index in [-0.39, 0.29) is 11.9 Å². The maximum atomic E-state index is 11.6. The Bertz CT molecular complexity index is 220. The van der Waals surface area contributed by atoms with Gasteiger partial charge in [0, 0.05) is 31.6 Å². The van der Waals surface area contributed by atoms with Gasteiger partial charge >= 0.3 is 0 Å². The lowest BCUT2D eigenvalue weighted by Crippen LogP contribution is -2.46. The van der Waals surface area contributed by atoms with Crippen molar-refractivity contribution in [1.82, 2.24) is 10.2 Å². The summed E-state index contributed by atoms with van der Waals surface area (Å²) >= 11 is 0. The number of nitrogens with zero attached hydrogens (tertiary/aromatic N) is 1. The van der Waals surface area contributed by atoms with Gasteiger partial charge in [0.1, 0.15) is 0 Å². The van der Waals surface area contributed by atoms with Crippen LogP contribution in [0.15, 0.2) is 0 Å². The van der Waals surface area contributed by atoms with Gasteiger partial charge in [-0.15, -0.1) is 0 Å². The molecule has 1 amide bonds. The summed E-state index contributed by atoms with van der Waals surface area (Å²) in [6, 6.07) is 0.849. The maximum Gasteiger partial charge on any atom is 0.221 e. The second kappa shape index (κ2) is 6.86. The Kier molecular flexibility index (Phi) is 5.77. The molecule has 4 nitrogen and oxygen atoms in total. The smallest absolute Gasteiger partial charge is 0.221 e. The highest BCUT2D eigenvalue weighted by molar-refractivity contribution is 5.76. The lowest BCUT2D eigenvalue weighted by molar-refractivity contribution is -0.122. The van der Waals surface area contributed by atoms with Crippen LogP contribution in [-0.4, -0.2) is 42.5 Å². The van der Waals surface area contributed by atoms with E-state index in [0.717, 1.165) is 13.0 Å². The molecule has 0 aromatic heterocycles. The molecule has 4 heteroatoms. The van der Waals surface area contributed by atoms with Crippen LogP contribution in [0.2, 0.25) is 0 Å². The highest BCUT2D eigenvalue weighted by atomic mass is 16.1. The number of nitrogens with two attached hydrogens (primary N) is 1. The van der Waals surface area contributed by atoms with Crippen molar-refractivity contribution >= 4 is 5.91 Å². The summed E-state index contributed by atoms with van der Waals surface area (Å²) in [7, 11) is 0. The first-order valence-electron chi connectivity index (χ1n) is 6.45. The predicted molar refractivity (Wildman–Crippen MR) is 66.2 cm³/mol. The number of nitrogens with one attached hydrogen (secondary N) is 1. The van der Waals surface area contributed by atoms with Gasteiger partial charge in [0.15, 0.2) is 0 Å². The summed E-state index contributed by atoms with van der Waals surface area (Å²) in [4.78, 5) is 14.0. The molecule has 0 aliphatic carbocycles. The van der Waals surface area contributed by atoms with Gasteiger partial charge in [-0.05, 0) is 32.7 Å². The Labute approximate surface area is 98.6 Å². The third kappa shape index (κ3) is 3.46. The average molecular weight is 227 g/mol. The number of carbonyl (C=O) groups is 1. The van der Waals surface area contributed by atoms with E-state index in [0.29, 0.717) is 25.6 Å². The van der Waals surface area contributed by atoms with Crippen LogP contribution in [0, 0.1) is 0 Å². The van der Waals surface area contributed by atoms with E-state index in [4.69, 9.17) is 5.73 Å². The van der Waals surface area contributed by atoms with Crippen LogP contribution in [-0.2, 0) is 4.79 Å². The van der Waals surface area contributed by atoms with Crippen LogP contribution in [0.1, 0.15) is 39.5 Å². The van der Waals surface area contributed by atoms with E-state index in [2.05, 4.69) is 17.1 Å². The third-order valence-corrected chi connectivity index (χ3v) is 3.43. The van der Waals surface area contributed by atoms with Crippen molar-refractivity contribution in [1.29, 1.82) is 0 Å². The van der Waals surface area contributed by atoms with E-state index >= 15 is 0 Å². The van der Waals surface area contributed by atoms with Gasteiger partial charge in [-0.1, -0.05) is 6.92 Å². The second-order valence-electron chi connectivity index (χ2n) is 4.49. The first-order chi connectivity index (χ1) is 7.72. The number of likely N-dealkylation sites (tertiary alicyclic amines) is 1. The molecule has 2 unspecified atom stereocenters. The van der Waals surface area contributed by atoms with E-state index in [1.807, 2.05) is 6.92 Å². The van der Waals surface area contributed by atoms with Crippen LogP contribution in [0.25, 0.3) is 0 Å². The van der Waals surface area contributed by atoms with Crippen molar-refractivity contribution in [2.45, 2.75) is 51.6 Å². The first kappa shape index (κ1) is 13.5. The monoisotopic (exact) mass is 227 g/mol. The molecule has 0 saturated carbocycles. The molecule has 0 bridgehead atoms. The molecule has 0 aromatic carbocycles. The number of rotatable bonds is 6. The Hall–Kier alpha value is -0.610. The lowest BCUT2D eigenvalue weighted by atomic mass is 10.1. The van der Waals surface area contributed by atoms with Gasteiger partial charge in [-0.25, -0.2) is 0 Å². The molecule has 16 heavy (non-hydrogen) atoms. The Morgan fingerprint density at radius 2 is 2.31 bits per heavy atom. The zero-order valence-corrected chi connectivity index (χ0v) is 10.5. The van der Waals surface area contributed by atoms with Crippen molar-refractivity contribution in [2.75, 3.05) is 19.6 Å². The summed E-state index contributed by atoms with van der Waals surface area (Å²) in [5, 5.41) is 2.85. The minimum atomic E-state index is 0.125. The fraction of sp³-hybridized carbons (Fsp3) is 0.917. The number of carbonyl (C=O) groups excluding carboxylic acids is 1. The molecule has 1 aliphatic rings. The number of hydrogen-bond donors (Lipinski definition) is 2. The van der Waals surface area contributed by atoms with Crippen molar-refractivity contribution in [3.05, 3.63) is 0 Å². The standard InChI is InChI=1S/C12H25N3O/c1-3-10-6-5-7-15(10)11(9-13)8-12(16)14-4-2/h10-11H,3-9,13H2,1-2H3,(H,14,16). The Morgan fingerprint density at radius 1 is 1.56 bits per heavy atom. The van der Waals surface area contributed by atoms with Gasteiger partial charge < -0.3 is 11.1 Å². The van der Waals surface area contributed by atoms with Crippen molar-refractivity contribution in [3.8, 4) is 0 Å². The van der Waals surface area contributed by atoms with Gasteiger partial charge in [0.05, 0.1) is 0 Å². The predicted octanol–water partition coefficient (Wildman–Crippen LogP) is 0.714. The van der Waals surface area contributed by atoms with Crippen molar-refractivity contribution in [2.24, 2.45) is 5.73 Å². The molecule has 94 valence electrons. The van der Waals surface area contributed by atoms with Crippen LogP contribution in [0.5, 0.6) is 0 Å². The average Bonchev–Trinajstić information content (AvgIpc) is 2.74. The van der Waals surface area contributed by atoms with Crippen molar-refractivity contribution < 1.29 is 4.79 Å². The molecule has 1 saturated heterocycles. The Morgan fingerprint density at radius 3 is 2.88 bits per heavy atom. The highest BCUT2D eigenvalue weighted by Gasteiger charge is 2.29. The number of amides is 1. The molecular weight excluding hydrogens is 202 g/mol. The SMILES string of the molecule is CCNC(=O)CC(CN)N1CCCC1CC. The lowest BCUT2D eigenvalue weighted by Gasteiger charge is -2.31. The largest absolute Gasteiger partial charge is 0.356 e. The molecule has 1 aliphatic heterocycles. The topological polar surface area (TPSA) is 58.4 Å². The molecule has 1 rings (SSSR count). The fourth-order valence-corrected chi connectivity index (χ4v) is 2.60. The normalized spacial score (nSPS) is 23.3. The third-order valence-electron chi connectivity index (χ3n) is 3.43. The highest BCUT2D eigenvalue weighted by Crippen LogP contribution is 2.23. The minimum absolute atomic E-state index is 0.125. The van der Waals surface area contributed by atoms with E-state index in [1.54, 1.807) is 0 Å². The van der Waals surface area contributed by atoms with Crippen LogP contribution in [0.4, 0.5) is 0 Å². The molecule has 3 N–H and O–H groups in total. The van der Waals surface area contributed by atoms with Crippen LogP contribution >= 0.6 is 0 Å². The summed E-state index contributed by atoms with van der Waals surface area (Å²) in [5.74, 6) is 0.125. The van der Waals surface area contributed by atoms with E-state index < -0.39 is 0 Å². The van der Waals surface area contributed by atoms with E-state index in [1.165, 1.54) is 12.8 Å². The molecular formula is C12H25N3O. The van der Waals surface area contributed by atoms with Crippen LogP contribution in [0.3, 0.4) is 0 Å². The van der Waals surface area contributed by atoms with Crippen molar-refractivity contribution in [3.63, 3.8) is 0 Å². The van der Waals surface area contributed by atoms with Gasteiger partial charge in [0.2, 0.25) is 5.91 Å². The van der Waals surface area contributed by atoms with E-state index in [9.17, 15) is 4.79 Å². The molecule has 0 spiro atoms. The molecule has 0 radical (unpaired) electrons. The second-order valence-corrected chi connectivity index (χ2v) is 4.49. The molecule has 2 atom stereocenters. The summed E-state index contributed by atoms with van der Waals surface area (Å²) in [5.41, 5.74) is 5.79. The Balaban J connectivity index is 2.49. The minimum Gasteiger partial charge on any atom is -0.356 e. The molecule has 1 fully saturated rings. The zero-order chi connectivity index (χ0) is 12.0. The van der Waals surface area contributed by atoms with Gasteiger partial charge in [-0.3, -0.25) is 9.69 Å². The summed E-state index contributed by atoms with van der Waals surface area (Å²) < 4.78 is 0. The quantitative estimate of drug-likeness (QED) is 0.703. The molecule has 1 heterocycles. The van der Waals surface area contributed by atoms with Gasteiger partial charge in [0.25, 0.3) is 0 Å².